The Morgan fingerprint density at radius 1 is 1.31 bits per heavy atom. The normalized spacial score (nSPS) is 23.2. The number of rotatable bonds is 4. The summed E-state index contributed by atoms with van der Waals surface area (Å²) in [6.07, 6.45) is 2.57. The van der Waals surface area contributed by atoms with Gasteiger partial charge >= 0.3 is 6.03 Å². The number of ether oxygens (including phenoxy) is 1. The number of nitrogens with zero attached hydrogens (tertiary/aromatic N) is 3. The van der Waals surface area contributed by atoms with E-state index in [1.807, 2.05) is 20.8 Å². The molecule has 0 saturated carbocycles. The van der Waals surface area contributed by atoms with Gasteiger partial charge in [0, 0.05) is 20.1 Å². The molecule has 0 radical (unpaired) electrons. The molecule has 8 nitrogen and oxygen atoms in total. The minimum absolute atomic E-state index is 0.0609. The highest BCUT2D eigenvalue weighted by atomic mass is 16.5. The summed E-state index contributed by atoms with van der Waals surface area (Å²) in [4.78, 5) is 41.2. The van der Waals surface area contributed by atoms with Crippen molar-refractivity contribution in [1.29, 1.82) is 0 Å². The maximum absolute atomic E-state index is 12.8. The van der Waals surface area contributed by atoms with Gasteiger partial charge in [-0.1, -0.05) is 20.4 Å². The average Bonchev–Trinajstić information content (AvgIpc) is 2.90. The number of hydrogen-bond donors (Lipinski definition) is 1. The fourth-order valence-electron chi connectivity index (χ4n) is 4.03. The first-order valence-corrected chi connectivity index (χ1v) is 9.02. The molecule has 2 fully saturated rings. The molecule has 0 aromatic carbocycles. The van der Waals surface area contributed by atoms with Gasteiger partial charge in [0.2, 0.25) is 11.8 Å². The second kappa shape index (κ2) is 7.65. The Kier molecular flexibility index (Phi) is 5.95. The first-order valence-electron chi connectivity index (χ1n) is 9.02. The van der Waals surface area contributed by atoms with Crippen molar-refractivity contribution < 1.29 is 19.1 Å². The van der Waals surface area contributed by atoms with E-state index in [9.17, 15) is 14.4 Å². The van der Waals surface area contributed by atoms with E-state index < -0.39 is 17.6 Å². The molecule has 2 N–H and O–H groups in total. The first-order chi connectivity index (χ1) is 12.1. The summed E-state index contributed by atoms with van der Waals surface area (Å²) in [7, 11) is 1.61. The second-order valence-corrected chi connectivity index (χ2v) is 7.50. The molecule has 8 heteroatoms. The number of carbonyl (C=O) groups excluding carboxylic acids is 3. The zero-order chi connectivity index (χ0) is 19.6. The van der Waals surface area contributed by atoms with Gasteiger partial charge in [0.15, 0.2) is 0 Å². The Morgan fingerprint density at radius 2 is 1.88 bits per heavy atom. The lowest BCUT2D eigenvalue weighted by Gasteiger charge is -2.43. The fourth-order valence-corrected chi connectivity index (χ4v) is 4.03. The van der Waals surface area contributed by atoms with Gasteiger partial charge in [0.05, 0.1) is 11.6 Å². The van der Waals surface area contributed by atoms with Crippen LogP contribution in [0.1, 0.15) is 33.6 Å². The van der Waals surface area contributed by atoms with E-state index in [1.54, 1.807) is 16.8 Å². The van der Waals surface area contributed by atoms with Crippen molar-refractivity contribution >= 4 is 17.8 Å². The summed E-state index contributed by atoms with van der Waals surface area (Å²) in [6, 6.07) is -0.917. The number of likely N-dealkylation sites (N-methyl/N-ethyl adjacent to an activating group) is 1. The molecule has 26 heavy (non-hydrogen) atoms. The molecule has 2 atom stereocenters. The van der Waals surface area contributed by atoms with Crippen LogP contribution in [0.4, 0.5) is 4.79 Å². The second-order valence-electron chi connectivity index (χ2n) is 7.50. The first kappa shape index (κ1) is 20.2. The highest BCUT2D eigenvalue weighted by Crippen LogP contribution is 2.37. The van der Waals surface area contributed by atoms with Gasteiger partial charge in [0.25, 0.3) is 0 Å². The van der Waals surface area contributed by atoms with Crippen molar-refractivity contribution in [2.45, 2.75) is 51.3 Å². The third kappa shape index (κ3) is 3.56. The van der Waals surface area contributed by atoms with Crippen molar-refractivity contribution in [2.24, 2.45) is 11.7 Å². The minimum Gasteiger partial charge on any atom is -0.368 e. The van der Waals surface area contributed by atoms with Crippen LogP contribution >= 0.6 is 0 Å². The van der Waals surface area contributed by atoms with E-state index in [-0.39, 0.29) is 30.6 Å². The van der Waals surface area contributed by atoms with E-state index in [0.29, 0.717) is 25.9 Å². The van der Waals surface area contributed by atoms with Gasteiger partial charge in [-0.25, -0.2) is 4.79 Å². The third-order valence-electron chi connectivity index (χ3n) is 5.70. The van der Waals surface area contributed by atoms with Crippen LogP contribution < -0.4 is 5.73 Å². The van der Waals surface area contributed by atoms with E-state index in [2.05, 4.69) is 6.58 Å². The van der Waals surface area contributed by atoms with Gasteiger partial charge in [-0.15, -0.1) is 0 Å². The van der Waals surface area contributed by atoms with Crippen LogP contribution in [-0.4, -0.2) is 77.1 Å². The summed E-state index contributed by atoms with van der Waals surface area (Å²) in [5.41, 5.74) is 5.02. The summed E-state index contributed by atoms with van der Waals surface area (Å²) in [5, 5.41) is 0. The molecule has 2 heterocycles. The lowest BCUT2D eigenvalue weighted by Crippen LogP contribution is -2.58. The molecule has 0 bridgehead atoms. The smallest absolute Gasteiger partial charge is 0.320 e. The molecule has 0 aromatic heterocycles. The number of piperidine rings is 1. The minimum atomic E-state index is -0.638. The number of amides is 4. The van der Waals surface area contributed by atoms with E-state index in [0.717, 1.165) is 0 Å². The van der Waals surface area contributed by atoms with Crippen molar-refractivity contribution in [3.8, 4) is 0 Å². The Labute approximate surface area is 154 Å². The summed E-state index contributed by atoms with van der Waals surface area (Å²) in [6.45, 7) is 10.5. The number of carbonyl (C=O) groups is 3. The molecule has 2 aliphatic heterocycles. The molecule has 1 spiro atoms. The van der Waals surface area contributed by atoms with Gasteiger partial charge in [0.1, 0.15) is 12.8 Å². The van der Waals surface area contributed by atoms with Crippen LogP contribution in [0.5, 0.6) is 0 Å². The number of hydrogen-bond acceptors (Lipinski definition) is 4. The SMILES string of the molecule is C=CC(=O)N1COC2(CCN(C(=O)N(C)[C@H](C(N)=O)C(C)C)CC2)[C@@H]1C. The summed E-state index contributed by atoms with van der Waals surface area (Å²) < 4.78 is 5.97. The summed E-state index contributed by atoms with van der Waals surface area (Å²) >= 11 is 0. The standard InChI is InChI=1S/C18H30N4O4/c1-6-14(23)22-11-26-18(13(22)4)7-9-21(10-8-18)17(25)20(5)15(12(2)3)16(19)24/h6,12-13,15H,1,7-11H2,2-5H3,(H2,19,24)/t13-,15-/m0/s1. The largest absolute Gasteiger partial charge is 0.368 e. The fraction of sp³-hybridized carbons (Fsp3) is 0.722. The van der Waals surface area contributed by atoms with Crippen LogP contribution in [-0.2, 0) is 14.3 Å². The van der Waals surface area contributed by atoms with Gasteiger partial charge in [-0.3, -0.25) is 9.59 Å². The molecule has 0 aliphatic carbocycles. The number of likely N-dealkylation sites (tertiary alicyclic amines) is 1. The van der Waals surface area contributed by atoms with Crippen LogP contribution in [0.2, 0.25) is 0 Å². The molecule has 146 valence electrons. The molecule has 2 aliphatic rings. The predicted octanol–water partition coefficient (Wildman–Crippen LogP) is 0.774. The predicted molar refractivity (Wildman–Crippen MR) is 97.0 cm³/mol. The molecule has 2 rings (SSSR count). The maximum atomic E-state index is 12.8. The third-order valence-corrected chi connectivity index (χ3v) is 5.70. The molecule has 4 amide bonds. The lowest BCUT2D eigenvalue weighted by molar-refractivity contribution is -0.127. The maximum Gasteiger partial charge on any atom is 0.320 e. The lowest BCUT2D eigenvalue weighted by atomic mass is 9.85. The van der Waals surface area contributed by atoms with Gasteiger partial charge < -0.3 is 25.2 Å². The zero-order valence-electron chi connectivity index (χ0n) is 16.1. The van der Waals surface area contributed by atoms with Crippen molar-refractivity contribution in [2.75, 3.05) is 26.9 Å². The molecule has 0 aromatic rings. The number of nitrogens with two attached hydrogens (primary N) is 1. The monoisotopic (exact) mass is 366 g/mol. The highest BCUT2D eigenvalue weighted by Gasteiger charge is 2.49. The van der Waals surface area contributed by atoms with E-state index in [4.69, 9.17) is 10.5 Å². The number of urea groups is 1. The Morgan fingerprint density at radius 3 is 2.35 bits per heavy atom. The highest BCUT2D eigenvalue weighted by molar-refractivity contribution is 5.87. The van der Waals surface area contributed by atoms with Crippen LogP contribution in [0.25, 0.3) is 0 Å². The van der Waals surface area contributed by atoms with Crippen LogP contribution in [0.15, 0.2) is 12.7 Å². The Bertz CT molecular complexity index is 584. The van der Waals surface area contributed by atoms with E-state index in [1.165, 1.54) is 11.0 Å². The molecular weight excluding hydrogens is 336 g/mol. The van der Waals surface area contributed by atoms with Gasteiger partial charge in [-0.2, -0.15) is 0 Å². The van der Waals surface area contributed by atoms with Crippen molar-refractivity contribution in [3.05, 3.63) is 12.7 Å². The quantitative estimate of drug-likeness (QED) is 0.744. The van der Waals surface area contributed by atoms with Crippen molar-refractivity contribution in [3.63, 3.8) is 0 Å². The van der Waals surface area contributed by atoms with Crippen LogP contribution in [0.3, 0.4) is 0 Å². The molecule has 2 saturated heterocycles. The Balaban J connectivity index is 2.02. The Hall–Kier alpha value is -2.09. The molecule has 0 unspecified atom stereocenters. The summed E-state index contributed by atoms with van der Waals surface area (Å²) in [5.74, 6) is -0.709. The van der Waals surface area contributed by atoms with Crippen molar-refractivity contribution in [1.82, 2.24) is 14.7 Å². The zero-order valence-corrected chi connectivity index (χ0v) is 16.1. The van der Waals surface area contributed by atoms with Crippen LogP contribution in [0, 0.1) is 5.92 Å². The average molecular weight is 366 g/mol. The molecular formula is C18H30N4O4. The van der Waals surface area contributed by atoms with Gasteiger partial charge in [-0.05, 0) is 31.8 Å². The number of primary amides is 1. The topological polar surface area (TPSA) is 96.2 Å². The van der Waals surface area contributed by atoms with E-state index >= 15 is 0 Å².